The van der Waals surface area contributed by atoms with E-state index in [-0.39, 0.29) is 0 Å². The Morgan fingerprint density at radius 3 is 2.48 bits per heavy atom. The molecule has 0 spiro atoms. The van der Waals surface area contributed by atoms with Gasteiger partial charge in [-0.3, -0.25) is 4.72 Å². The molecular weight excluding hydrogens is 294 g/mol. The molecule has 1 unspecified atom stereocenters. The molecular formula is C13H16N3O4S+. The van der Waals surface area contributed by atoms with Crippen molar-refractivity contribution >= 4 is 33.9 Å². The second-order valence-corrected chi connectivity index (χ2v) is 6.62. The van der Waals surface area contributed by atoms with Gasteiger partial charge < -0.3 is 0 Å². The number of carbonyl (C=O) groups is 2. The fourth-order valence-corrected chi connectivity index (χ4v) is 3.40. The van der Waals surface area contributed by atoms with Crippen LogP contribution in [0.4, 0.5) is 10.5 Å². The Kier molecular flexibility index (Phi) is 3.82. The highest BCUT2D eigenvalue weighted by Crippen LogP contribution is 2.18. The van der Waals surface area contributed by atoms with Gasteiger partial charge in [-0.1, -0.05) is 18.2 Å². The number of hydrogen-bond acceptors (Lipinski definition) is 4. The van der Waals surface area contributed by atoms with Crippen LogP contribution in [0.3, 0.4) is 0 Å². The Balaban J connectivity index is 2.38. The summed E-state index contributed by atoms with van der Waals surface area (Å²) in [6, 6.07) is 6.28. The molecule has 21 heavy (non-hydrogen) atoms. The predicted octanol–water partition coefficient (Wildman–Crippen LogP) is 0.410. The SMILES string of the molecule is Cc1ccccc1NS(=O)(=O)C1C=[N+](C)C(=O)N(C)C1=O. The Morgan fingerprint density at radius 2 is 1.86 bits per heavy atom. The maximum absolute atomic E-state index is 12.4. The van der Waals surface area contributed by atoms with Gasteiger partial charge in [0, 0.05) is 0 Å². The summed E-state index contributed by atoms with van der Waals surface area (Å²) in [6.45, 7) is 1.76. The molecule has 1 aliphatic rings. The van der Waals surface area contributed by atoms with Gasteiger partial charge >= 0.3 is 11.9 Å². The molecule has 0 aromatic heterocycles. The highest BCUT2D eigenvalue weighted by molar-refractivity contribution is 7.94. The summed E-state index contributed by atoms with van der Waals surface area (Å²) in [4.78, 5) is 24.4. The molecule has 8 heteroatoms. The third kappa shape index (κ3) is 2.80. The van der Waals surface area contributed by atoms with Crippen LogP contribution in [0.1, 0.15) is 5.56 Å². The van der Waals surface area contributed by atoms with E-state index in [0.717, 1.165) is 21.3 Å². The van der Waals surface area contributed by atoms with E-state index in [1.54, 1.807) is 31.2 Å². The first-order valence-corrected chi connectivity index (χ1v) is 7.75. The Morgan fingerprint density at radius 1 is 1.24 bits per heavy atom. The van der Waals surface area contributed by atoms with Crippen LogP contribution in [0.15, 0.2) is 24.3 Å². The molecule has 1 aromatic carbocycles. The van der Waals surface area contributed by atoms with Gasteiger partial charge in [-0.25, -0.2) is 17.8 Å². The van der Waals surface area contributed by atoms with Gasteiger partial charge in [-0.15, -0.1) is 0 Å². The number of nitrogens with one attached hydrogen (secondary N) is 1. The number of anilines is 1. The van der Waals surface area contributed by atoms with E-state index in [1.165, 1.54) is 14.1 Å². The molecule has 0 radical (unpaired) electrons. The lowest BCUT2D eigenvalue weighted by Crippen LogP contribution is -2.54. The standard InChI is InChI=1S/C13H16N3O4S/c1-9-6-4-5-7-10(9)14-21(19,20)11-8-15(2)13(18)16(3)12(11)17/h4-8,11,14H,1-3H3/q+1. The van der Waals surface area contributed by atoms with Gasteiger partial charge in [0.1, 0.15) is 6.21 Å². The van der Waals surface area contributed by atoms with Crippen LogP contribution in [-0.4, -0.2) is 55.4 Å². The third-order valence-corrected chi connectivity index (χ3v) is 4.75. The number of imide groups is 1. The van der Waals surface area contributed by atoms with Crippen molar-refractivity contribution in [1.29, 1.82) is 0 Å². The van der Waals surface area contributed by atoms with E-state index in [2.05, 4.69) is 4.72 Å². The highest BCUT2D eigenvalue weighted by Gasteiger charge is 2.46. The minimum Gasteiger partial charge on any atom is -0.282 e. The average molecular weight is 310 g/mol. The summed E-state index contributed by atoms with van der Waals surface area (Å²) in [7, 11) is -1.33. The van der Waals surface area contributed by atoms with Crippen LogP contribution in [0.2, 0.25) is 0 Å². The number of benzene rings is 1. The Labute approximate surface area is 122 Å². The smallest absolute Gasteiger partial charge is 0.282 e. The van der Waals surface area contributed by atoms with Gasteiger partial charge in [0.2, 0.25) is 5.25 Å². The maximum atomic E-state index is 12.4. The maximum Gasteiger partial charge on any atom is 0.500 e. The lowest BCUT2D eigenvalue weighted by molar-refractivity contribution is -0.399. The molecule has 0 saturated heterocycles. The molecule has 1 aromatic rings. The number of nitrogens with zero attached hydrogens (tertiary/aromatic N) is 2. The van der Waals surface area contributed by atoms with Crippen LogP contribution in [-0.2, 0) is 14.8 Å². The average Bonchev–Trinajstić information content (AvgIpc) is 2.42. The molecule has 0 aliphatic carbocycles. The number of rotatable bonds is 3. The van der Waals surface area contributed by atoms with Crippen LogP contribution >= 0.6 is 0 Å². The largest absolute Gasteiger partial charge is 0.500 e. The minimum absolute atomic E-state index is 0.404. The molecule has 0 fully saturated rings. The fraction of sp³-hybridized carbons (Fsp3) is 0.308. The van der Waals surface area contributed by atoms with Crippen LogP contribution in [0.25, 0.3) is 0 Å². The zero-order valence-electron chi connectivity index (χ0n) is 11.9. The lowest BCUT2D eigenvalue weighted by atomic mass is 10.2. The first-order chi connectivity index (χ1) is 9.74. The molecule has 3 amide bonds. The number of para-hydroxylation sites is 1. The van der Waals surface area contributed by atoms with Gasteiger partial charge in [-0.05, 0) is 18.6 Å². The van der Waals surface area contributed by atoms with E-state index in [4.69, 9.17) is 0 Å². The Hall–Kier alpha value is -2.22. The highest BCUT2D eigenvalue weighted by atomic mass is 32.2. The molecule has 0 bridgehead atoms. The van der Waals surface area contributed by atoms with Gasteiger partial charge in [-0.2, -0.15) is 9.69 Å². The summed E-state index contributed by atoms with van der Waals surface area (Å²) in [5.74, 6) is -0.779. The normalized spacial score (nSPS) is 19.5. The topological polar surface area (TPSA) is 86.6 Å². The second-order valence-electron chi connectivity index (χ2n) is 4.82. The van der Waals surface area contributed by atoms with Crippen molar-refractivity contribution in [2.75, 3.05) is 18.8 Å². The summed E-state index contributed by atoms with van der Waals surface area (Å²) in [5.41, 5.74) is 1.14. The monoisotopic (exact) mass is 310 g/mol. The van der Waals surface area contributed by atoms with Crippen molar-refractivity contribution in [1.82, 2.24) is 4.90 Å². The Bertz CT molecular complexity index is 740. The number of aryl methyl sites for hydroxylation is 1. The van der Waals surface area contributed by atoms with E-state index in [1.807, 2.05) is 0 Å². The molecule has 1 heterocycles. The van der Waals surface area contributed by atoms with Gasteiger partial charge in [0.05, 0.1) is 19.8 Å². The van der Waals surface area contributed by atoms with Crippen LogP contribution in [0, 0.1) is 6.92 Å². The summed E-state index contributed by atoms with van der Waals surface area (Å²) >= 11 is 0. The molecule has 1 aliphatic heterocycles. The zero-order valence-corrected chi connectivity index (χ0v) is 12.7. The number of urea groups is 1. The minimum atomic E-state index is -3.99. The number of hydrogen-bond donors (Lipinski definition) is 1. The van der Waals surface area contributed by atoms with Gasteiger partial charge in [0.15, 0.2) is 0 Å². The number of sulfonamides is 1. The van der Waals surface area contributed by atoms with Crippen molar-refractivity contribution in [2.45, 2.75) is 12.2 Å². The first kappa shape index (κ1) is 15.2. The molecule has 112 valence electrons. The van der Waals surface area contributed by atoms with Crippen molar-refractivity contribution in [3.05, 3.63) is 29.8 Å². The summed E-state index contributed by atoms with van der Waals surface area (Å²) in [5, 5.41) is -1.44. The van der Waals surface area contributed by atoms with E-state index >= 15 is 0 Å². The molecule has 1 atom stereocenters. The fourth-order valence-electron chi connectivity index (χ4n) is 1.97. The van der Waals surface area contributed by atoms with E-state index in [0.29, 0.717) is 5.69 Å². The van der Waals surface area contributed by atoms with Gasteiger partial charge in [0.25, 0.3) is 10.0 Å². The second kappa shape index (κ2) is 5.28. The molecule has 1 N–H and O–H groups in total. The van der Waals surface area contributed by atoms with Crippen LogP contribution < -0.4 is 4.72 Å². The third-order valence-electron chi connectivity index (χ3n) is 3.25. The van der Waals surface area contributed by atoms with Crippen molar-refractivity contribution in [3.8, 4) is 0 Å². The summed E-state index contributed by atoms with van der Waals surface area (Å²) < 4.78 is 28.3. The van der Waals surface area contributed by atoms with Crippen molar-refractivity contribution in [2.24, 2.45) is 0 Å². The summed E-state index contributed by atoms with van der Waals surface area (Å²) in [6.07, 6.45) is 1.10. The van der Waals surface area contributed by atoms with E-state index < -0.39 is 27.2 Å². The van der Waals surface area contributed by atoms with Crippen molar-refractivity contribution in [3.63, 3.8) is 0 Å². The lowest BCUT2D eigenvalue weighted by Gasteiger charge is -2.20. The molecule has 2 rings (SSSR count). The first-order valence-electron chi connectivity index (χ1n) is 6.20. The molecule has 0 saturated carbocycles. The van der Waals surface area contributed by atoms with E-state index in [9.17, 15) is 18.0 Å². The van der Waals surface area contributed by atoms with Crippen molar-refractivity contribution < 1.29 is 22.6 Å². The molecule has 7 nitrogen and oxygen atoms in total. The predicted molar refractivity (Wildman–Crippen MR) is 77.9 cm³/mol. The van der Waals surface area contributed by atoms with Crippen LogP contribution in [0.5, 0.6) is 0 Å². The zero-order chi connectivity index (χ0) is 15.8. The quantitative estimate of drug-likeness (QED) is 0.819. The number of amides is 3. The number of carbonyl (C=O) groups excluding carboxylic acids is 2.